The molecule has 0 aliphatic carbocycles. The van der Waals surface area contributed by atoms with Gasteiger partial charge in [-0.15, -0.1) is 0 Å². The fraction of sp³-hybridized carbons (Fsp3) is 0.667. The third-order valence-electron chi connectivity index (χ3n) is 1.68. The maximum absolute atomic E-state index is 9.33. The normalized spacial score (nSPS) is 13.6. The molecule has 0 aliphatic heterocycles. The van der Waals surface area contributed by atoms with Crippen molar-refractivity contribution in [2.75, 3.05) is 19.4 Å². The van der Waals surface area contributed by atoms with Crippen LogP contribution in [0.2, 0.25) is 0 Å². The molecule has 0 saturated heterocycles. The van der Waals surface area contributed by atoms with E-state index in [2.05, 4.69) is 10.4 Å². The van der Waals surface area contributed by atoms with Gasteiger partial charge in [0.25, 0.3) is 0 Å². The van der Waals surface area contributed by atoms with Crippen molar-refractivity contribution in [3.63, 3.8) is 0 Å². The summed E-state index contributed by atoms with van der Waals surface area (Å²) in [5, 5.41) is 23.3. The topological polar surface area (TPSA) is 99.2 Å². The number of rotatable bonds is 4. The maximum Gasteiger partial charge on any atom is 0.151 e. The average Bonchev–Trinajstić information content (AvgIpc) is 2.03. The quantitative estimate of drug-likeness (QED) is 0.362. The number of anilines is 1. The van der Waals surface area contributed by atoms with E-state index in [1.54, 1.807) is 11.7 Å². The monoisotopic (exact) mass is 174 g/mol. The van der Waals surface area contributed by atoms with Crippen molar-refractivity contribution in [1.29, 1.82) is 0 Å². The van der Waals surface area contributed by atoms with E-state index in [0.29, 0.717) is 18.1 Å². The molecule has 0 spiro atoms. The Labute approximate surface area is 70.0 Å². The zero-order chi connectivity index (χ0) is 9.14. The highest BCUT2D eigenvalue weighted by Crippen LogP contribution is 2.18. The second kappa shape index (κ2) is 3.61. The van der Waals surface area contributed by atoms with Crippen LogP contribution in [0.5, 0.6) is 0 Å². The molecule has 6 N–H and O–H groups in total. The summed E-state index contributed by atoms with van der Waals surface area (Å²) in [6.45, 7) is 0.426. The van der Waals surface area contributed by atoms with E-state index in [0.717, 1.165) is 0 Å². The van der Waals surface area contributed by atoms with Gasteiger partial charge in [-0.05, 0) is 7.05 Å². The van der Waals surface area contributed by atoms with Crippen molar-refractivity contribution in [2.45, 2.75) is 12.8 Å². The molecule has 70 valence electrons. The molecular formula is C6H14N4O2. The Bertz CT molecular complexity index is 242. The number of aliphatic hydroxyl groups excluding tert-OH is 2. The summed E-state index contributed by atoms with van der Waals surface area (Å²) in [5.41, 5.74) is 6.04. The lowest BCUT2D eigenvalue weighted by atomic mass is 10.3. The highest BCUT2D eigenvalue weighted by molar-refractivity contribution is 5.37. The van der Waals surface area contributed by atoms with Gasteiger partial charge in [-0.3, -0.25) is 15.1 Å². The molecular weight excluding hydrogens is 160 g/mol. The molecule has 6 heteroatoms. The van der Waals surface area contributed by atoms with E-state index in [-0.39, 0.29) is 6.61 Å². The zero-order valence-electron chi connectivity index (χ0n) is 6.91. The van der Waals surface area contributed by atoms with Crippen LogP contribution >= 0.6 is 0 Å². The molecule has 1 unspecified atom stereocenters. The first kappa shape index (κ1) is 9.11. The number of nitrogens with zero attached hydrogens (tertiary/aromatic N) is 1. The lowest BCUT2D eigenvalue weighted by Crippen LogP contribution is -2.29. The molecule has 0 bridgehead atoms. The smallest absolute Gasteiger partial charge is 0.151 e. The second-order valence-corrected chi connectivity index (χ2v) is 2.48. The summed E-state index contributed by atoms with van der Waals surface area (Å²) >= 11 is 0. The summed E-state index contributed by atoms with van der Waals surface area (Å²) in [5.74, 6) is 0.435. The number of nitrogens with two attached hydrogens (primary N) is 1. The Morgan fingerprint density at radius 2 is 2.42 bits per heavy atom. The van der Waals surface area contributed by atoms with Gasteiger partial charge in [0.2, 0.25) is 0 Å². The summed E-state index contributed by atoms with van der Waals surface area (Å²) in [6, 6.07) is 0. The number of H-pyrrole nitrogens is 1. The van der Waals surface area contributed by atoms with E-state index >= 15 is 0 Å². The van der Waals surface area contributed by atoms with Crippen LogP contribution in [0.25, 0.3) is 0 Å². The van der Waals surface area contributed by atoms with Crippen LogP contribution in [0, 0.1) is 0 Å². The number of nitrogen functional groups attached to an aromatic ring is 1. The predicted octanol–water partition coefficient (Wildman–Crippen LogP) is -1.40. The van der Waals surface area contributed by atoms with Crippen molar-refractivity contribution in [2.24, 2.45) is 0 Å². The highest BCUT2D eigenvalue weighted by atomic mass is 16.3. The van der Waals surface area contributed by atoms with Gasteiger partial charge in [0.15, 0.2) is 6.23 Å². The Balaban J connectivity index is 2.70. The minimum atomic E-state index is -0.780. The van der Waals surface area contributed by atoms with Crippen molar-refractivity contribution in [3.05, 3.63) is 5.69 Å². The first-order chi connectivity index (χ1) is 5.70. The van der Waals surface area contributed by atoms with Gasteiger partial charge in [-0.2, -0.15) is 0 Å². The minimum absolute atomic E-state index is 0.0141. The van der Waals surface area contributed by atoms with Crippen LogP contribution in [0.3, 0.4) is 0 Å². The Kier molecular flexibility index (Phi) is 2.74. The van der Waals surface area contributed by atoms with Gasteiger partial charge in [0.1, 0.15) is 11.5 Å². The van der Waals surface area contributed by atoms with Gasteiger partial charge in [-0.1, -0.05) is 0 Å². The molecule has 1 rings (SSSR count). The lowest BCUT2D eigenvalue weighted by molar-refractivity contribution is 0.130. The number of hydrogen-bond donors (Lipinski definition) is 5. The van der Waals surface area contributed by atoms with Crippen molar-refractivity contribution in [1.82, 2.24) is 15.1 Å². The average molecular weight is 174 g/mol. The molecule has 0 aromatic carbocycles. The lowest BCUT2D eigenvalue weighted by Gasteiger charge is -2.23. The summed E-state index contributed by atoms with van der Waals surface area (Å²) < 4.78 is 1.59. The number of aromatic nitrogens is 2. The van der Waals surface area contributed by atoms with Crippen LogP contribution in [0.1, 0.15) is 11.9 Å². The molecule has 1 atom stereocenters. The first-order valence-corrected chi connectivity index (χ1v) is 3.70. The Morgan fingerprint density at radius 3 is 2.83 bits per heavy atom. The molecule has 12 heavy (non-hydrogen) atoms. The van der Waals surface area contributed by atoms with Gasteiger partial charge in [0, 0.05) is 0 Å². The largest absolute Gasteiger partial charge is 0.394 e. The molecule has 1 aromatic heterocycles. The molecule has 0 amide bonds. The van der Waals surface area contributed by atoms with E-state index in [1.807, 2.05) is 0 Å². The van der Waals surface area contributed by atoms with E-state index < -0.39 is 6.23 Å². The van der Waals surface area contributed by atoms with Crippen molar-refractivity contribution >= 4 is 5.82 Å². The fourth-order valence-electron chi connectivity index (χ4n) is 1.06. The van der Waals surface area contributed by atoms with Gasteiger partial charge in [-0.25, -0.2) is 0 Å². The molecule has 0 fully saturated rings. The number of nitrogens with one attached hydrogen (secondary N) is 2. The van der Waals surface area contributed by atoms with Crippen molar-refractivity contribution in [3.8, 4) is 0 Å². The molecule has 0 saturated carbocycles. The number of hydrogen-bond acceptors (Lipinski definition) is 4. The standard InChI is InChI=1S/C6H14N4O2/c1-8-6(12)4-5(7)9-10(4)2-3-11/h6,8-9,11-12H,2-3,7H2,1H3. The highest BCUT2D eigenvalue weighted by Gasteiger charge is 2.17. The zero-order valence-corrected chi connectivity index (χ0v) is 6.91. The summed E-state index contributed by atoms with van der Waals surface area (Å²) in [7, 11) is 1.63. The summed E-state index contributed by atoms with van der Waals surface area (Å²) in [4.78, 5) is 0. The van der Waals surface area contributed by atoms with Crippen molar-refractivity contribution < 1.29 is 10.2 Å². The van der Waals surface area contributed by atoms with Crippen LogP contribution < -0.4 is 11.1 Å². The third kappa shape index (κ3) is 1.45. The van der Waals surface area contributed by atoms with Gasteiger partial charge >= 0.3 is 0 Å². The summed E-state index contributed by atoms with van der Waals surface area (Å²) in [6.07, 6.45) is -0.780. The maximum atomic E-state index is 9.33. The third-order valence-corrected chi connectivity index (χ3v) is 1.68. The fourth-order valence-corrected chi connectivity index (χ4v) is 1.06. The molecule has 1 aromatic rings. The van der Waals surface area contributed by atoms with E-state index in [9.17, 15) is 5.11 Å². The second-order valence-electron chi connectivity index (χ2n) is 2.48. The van der Waals surface area contributed by atoms with Gasteiger partial charge in [0.05, 0.1) is 13.2 Å². The van der Waals surface area contributed by atoms with E-state index in [1.165, 1.54) is 0 Å². The van der Waals surface area contributed by atoms with Gasteiger partial charge < -0.3 is 15.9 Å². The van der Waals surface area contributed by atoms with Crippen LogP contribution in [-0.4, -0.2) is 33.6 Å². The van der Waals surface area contributed by atoms with E-state index in [4.69, 9.17) is 10.8 Å². The molecule has 0 aliphatic rings. The molecule has 6 nitrogen and oxygen atoms in total. The first-order valence-electron chi connectivity index (χ1n) is 3.70. The van der Waals surface area contributed by atoms with Crippen LogP contribution in [0.15, 0.2) is 0 Å². The number of aliphatic hydroxyl groups is 2. The SMILES string of the molecule is CNC(O)c1c(N)[nH]n1CCO. The minimum Gasteiger partial charge on any atom is -0.394 e. The van der Waals surface area contributed by atoms with Crippen LogP contribution in [-0.2, 0) is 6.54 Å². The van der Waals surface area contributed by atoms with Crippen LogP contribution in [0.4, 0.5) is 5.82 Å². The Hall–Kier alpha value is -0.980. The number of aromatic amines is 1. The predicted molar refractivity (Wildman–Crippen MR) is 44.3 cm³/mol. The molecule has 0 radical (unpaired) electrons. The Morgan fingerprint density at radius 1 is 1.75 bits per heavy atom. The molecule has 1 heterocycles.